The average molecular weight is 224 g/mol. The first-order valence-corrected chi connectivity index (χ1v) is 6.95. The van der Waals surface area contributed by atoms with Gasteiger partial charge >= 0.3 is 0 Å². The van der Waals surface area contributed by atoms with Crippen molar-refractivity contribution in [1.29, 1.82) is 0 Å². The van der Waals surface area contributed by atoms with Crippen molar-refractivity contribution in [3.8, 4) is 0 Å². The van der Waals surface area contributed by atoms with Crippen LogP contribution in [0.4, 0.5) is 0 Å². The van der Waals surface area contributed by atoms with E-state index in [9.17, 15) is 0 Å². The van der Waals surface area contributed by atoms with Gasteiger partial charge in [-0.05, 0) is 45.4 Å². The molecule has 0 aromatic carbocycles. The lowest BCUT2D eigenvalue weighted by atomic mass is 9.87. The van der Waals surface area contributed by atoms with Gasteiger partial charge in [-0.25, -0.2) is 0 Å². The zero-order valence-electron chi connectivity index (χ0n) is 11.6. The molecule has 1 saturated heterocycles. The number of rotatable bonds is 3. The fourth-order valence-corrected chi connectivity index (χ4v) is 3.19. The highest BCUT2D eigenvalue weighted by Gasteiger charge is 2.46. The lowest BCUT2D eigenvalue weighted by Gasteiger charge is -2.50. The van der Waals surface area contributed by atoms with Crippen molar-refractivity contribution in [3.05, 3.63) is 0 Å². The minimum absolute atomic E-state index is 0.385. The largest absolute Gasteiger partial charge is 0.308 e. The fourth-order valence-electron chi connectivity index (χ4n) is 3.19. The standard InChI is InChI=1S/C14H28N2/c1-10(2)13-8-15-14(5,12-6-7-12)9-16(13)11(3)4/h10-13,15H,6-9H2,1-5H3. The number of nitrogens with zero attached hydrogens (tertiary/aromatic N) is 1. The van der Waals surface area contributed by atoms with Gasteiger partial charge in [0.15, 0.2) is 0 Å². The molecule has 1 aliphatic heterocycles. The van der Waals surface area contributed by atoms with Crippen LogP contribution in [-0.2, 0) is 0 Å². The molecule has 2 unspecified atom stereocenters. The van der Waals surface area contributed by atoms with Gasteiger partial charge in [0.2, 0.25) is 0 Å². The van der Waals surface area contributed by atoms with Gasteiger partial charge in [-0.15, -0.1) is 0 Å². The Morgan fingerprint density at radius 3 is 2.25 bits per heavy atom. The third-order valence-electron chi connectivity index (χ3n) is 4.56. The number of hydrogen-bond acceptors (Lipinski definition) is 2. The second kappa shape index (κ2) is 4.30. The van der Waals surface area contributed by atoms with Crippen LogP contribution in [0.15, 0.2) is 0 Å². The van der Waals surface area contributed by atoms with Crippen LogP contribution in [0.2, 0.25) is 0 Å². The summed E-state index contributed by atoms with van der Waals surface area (Å²) in [6.07, 6.45) is 2.86. The molecule has 94 valence electrons. The molecule has 2 heteroatoms. The Hall–Kier alpha value is -0.0800. The molecular weight excluding hydrogens is 196 g/mol. The zero-order chi connectivity index (χ0) is 11.9. The average Bonchev–Trinajstić information content (AvgIpc) is 3.00. The zero-order valence-corrected chi connectivity index (χ0v) is 11.6. The number of piperazine rings is 1. The van der Waals surface area contributed by atoms with Crippen molar-refractivity contribution in [2.45, 2.75) is 65.1 Å². The molecule has 0 aromatic heterocycles. The van der Waals surface area contributed by atoms with Crippen LogP contribution in [0.1, 0.15) is 47.5 Å². The third kappa shape index (κ3) is 2.28. The number of nitrogens with one attached hydrogen (secondary N) is 1. The molecule has 1 saturated carbocycles. The van der Waals surface area contributed by atoms with Crippen molar-refractivity contribution in [3.63, 3.8) is 0 Å². The van der Waals surface area contributed by atoms with Gasteiger partial charge in [-0.3, -0.25) is 4.90 Å². The minimum Gasteiger partial charge on any atom is -0.308 e. The Bertz CT molecular complexity index is 245. The van der Waals surface area contributed by atoms with Crippen molar-refractivity contribution < 1.29 is 0 Å². The van der Waals surface area contributed by atoms with Crippen molar-refractivity contribution >= 4 is 0 Å². The molecule has 1 heterocycles. The molecule has 0 amide bonds. The summed E-state index contributed by atoms with van der Waals surface area (Å²) >= 11 is 0. The molecule has 0 radical (unpaired) electrons. The summed E-state index contributed by atoms with van der Waals surface area (Å²) in [4.78, 5) is 2.72. The van der Waals surface area contributed by atoms with Crippen LogP contribution in [0.25, 0.3) is 0 Å². The van der Waals surface area contributed by atoms with Crippen molar-refractivity contribution in [2.24, 2.45) is 11.8 Å². The molecule has 1 aliphatic carbocycles. The topological polar surface area (TPSA) is 15.3 Å². The lowest BCUT2D eigenvalue weighted by Crippen LogP contribution is -2.66. The van der Waals surface area contributed by atoms with Crippen molar-refractivity contribution in [1.82, 2.24) is 10.2 Å². The SMILES string of the molecule is CC(C)C1CNC(C)(C2CC2)CN1C(C)C. The van der Waals surface area contributed by atoms with Gasteiger partial charge in [0.05, 0.1) is 0 Å². The maximum atomic E-state index is 3.83. The summed E-state index contributed by atoms with van der Waals surface area (Å²) in [5.41, 5.74) is 0.385. The molecule has 2 aliphatic rings. The molecule has 0 spiro atoms. The second-order valence-electron chi connectivity index (χ2n) is 6.65. The molecule has 0 aromatic rings. The van der Waals surface area contributed by atoms with E-state index < -0.39 is 0 Å². The normalized spacial score (nSPS) is 37.3. The summed E-state index contributed by atoms with van der Waals surface area (Å²) in [6.45, 7) is 14.2. The summed E-state index contributed by atoms with van der Waals surface area (Å²) in [7, 11) is 0. The highest BCUT2D eigenvalue weighted by Crippen LogP contribution is 2.42. The summed E-state index contributed by atoms with van der Waals surface area (Å²) in [5, 5.41) is 3.83. The predicted octanol–water partition coefficient (Wildman–Crippen LogP) is 2.49. The van der Waals surface area contributed by atoms with E-state index in [0.717, 1.165) is 11.8 Å². The molecule has 2 rings (SSSR count). The smallest absolute Gasteiger partial charge is 0.0309 e. The van der Waals surface area contributed by atoms with E-state index in [1.165, 1.54) is 25.9 Å². The molecule has 0 bridgehead atoms. The van der Waals surface area contributed by atoms with Gasteiger partial charge in [0, 0.05) is 30.7 Å². The van der Waals surface area contributed by atoms with Gasteiger partial charge in [0.1, 0.15) is 0 Å². The van der Waals surface area contributed by atoms with Gasteiger partial charge in [0.25, 0.3) is 0 Å². The third-order valence-corrected chi connectivity index (χ3v) is 4.56. The van der Waals surface area contributed by atoms with Crippen LogP contribution < -0.4 is 5.32 Å². The van der Waals surface area contributed by atoms with Crippen LogP contribution >= 0.6 is 0 Å². The van der Waals surface area contributed by atoms with Crippen molar-refractivity contribution in [2.75, 3.05) is 13.1 Å². The molecular formula is C14H28N2. The van der Waals surface area contributed by atoms with E-state index in [1.807, 2.05) is 0 Å². The van der Waals surface area contributed by atoms with E-state index in [0.29, 0.717) is 17.6 Å². The predicted molar refractivity (Wildman–Crippen MR) is 69.6 cm³/mol. The highest BCUT2D eigenvalue weighted by atomic mass is 15.3. The molecule has 2 atom stereocenters. The Balaban J connectivity index is 2.08. The van der Waals surface area contributed by atoms with E-state index >= 15 is 0 Å². The van der Waals surface area contributed by atoms with Gasteiger partial charge in [-0.2, -0.15) is 0 Å². The van der Waals surface area contributed by atoms with E-state index in [2.05, 4.69) is 44.8 Å². The molecule has 2 fully saturated rings. The first kappa shape index (κ1) is 12.4. The van der Waals surface area contributed by atoms with E-state index in [4.69, 9.17) is 0 Å². The van der Waals surface area contributed by atoms with Crippen LogP contribution in [-0.4, -0.2) is 35.6 Å². The lowest BCUT2D eigenvalue weighted by molar-refractivity contribution is 0.0291. The quantitative estimate of drug-likeness (QED) is 0.792. The maximum Gasteiger partial charge on any atom is 0.0309 e. The Morgan fingerprint density at radius 2 is 1.81 bits per heavy atom. The van der Waals surface area contributed by atoms with E-state index in [1.54, 1.807) is 0 Å². The fraction of sp³-hybridized carbons (Fsp3) is 1.00. The number of hydrogen-bond donors (Lipinski definition) is 1. The molecule has 1 N–H and O–H groups in total. The summed E-state index contributed by atoms with van der Waals surface area (Å²) in [6, 6.07) is 1.39. The minimum atomic E-state index is 0.385. The highest BCUT2D eigenvalue weighted by molar-refractivity contribution is 5.04. The maximum absolute atomic E-state index is 3.83. The van der Waals surface area contributed by atoms with Crippen LogP contribution in [0.3, 0.4) is 0 Å². The summed E-state index contributed by atoms with van der Waals surface area (Å²) in [5.74, 6) is 1.68. The van der Waals surface area contributed by atoms with E-state index in [-0.39, 0.29) is 0 Å². The Kier molecular flexibility index (Phi) is 3.33. The van der Waals surface area contributed by atoms with Crippen LogP contribution in [0, 0.1) is 11.8 Å². The van der Waals surface area contributed by atoms with Gasteiger partial charge in [-0.1, -0.05) is 13.8 Å². The Morgan fingerprint density at radius 1 is 1.19 bits per heavy atom. The van der Waals surface area contributed by atoms with Gasteiger partial charge < -0.3 is 5.32 Å². The Labute approximate surface area is 101 Å². The van der Waals surface area contributed by atoms with Crippen LogP contribution in [0.5, 0.6) is 0 Å². The monoisotopic (exact) mass is 224 g/mol. The first-order chi connectivity index (χ1) is 7.44. The molecule has 2 nitrogen and oxygen atoms in total. The second-order valence-corrected chi connectivity index (χ2v) is 6.65. The first-order valence-electron chi connectivity index (χ1n) is 6.95. The summed E-state index contributed by atoms with van der Waals surface area (Å²) < 4.78 is 0. The molecule has 16 heavy (non-hydrogen) atoms.